The van der Waals surface area contributed by atoms with E-state index in [2.05, 4.69) is 54.8 Å². The van der Waals surface area contributed by atoms with Crippen LogP contribution >= 0.6 is 15.9 Å². The lowest BCUT2D eigenvalue weighted by Gasteiger charge is -2.32. The van der Waals surface area contributed by atoms with Crippen LogP contribution in [0.15, 0.2) is 41.1 Å². The summed E-state index contributed by atoms with van der Waals surface area (Å²) in [5, 5.41) is 3.09. The number of aromatic nitrogens is 2. The van der Waals surface area contributed by atoms with E-state index in [4.69, 9.17) is 0 Å². The first kappa shape index (κ1) is 17.2. The van der Waals surface area contributed by atoms with Crippen LogP contribution in [0.4, 0.5) is 0 Å². The molecule has 1 N–H and O–H groups in total. The third-order valence-corrected chi connectivity index (χ3v) is 5.36. The van der Waals surface area contributed by atoms with Gasteiger partial charge >= 0.3 is 0 Å². The predicted octanol–water partition coefficient (Wildman–Crippen LogP) is 2.77. The van der Waals surface area contributed by atoms with E-state index in [1.807, 2.05) is 31.3 Å². The van der Waals surface area contributed by atoms with Crippen LogP contribution in [0.1, 0.15) is 31.2 Å². The van der Waals surface area contributed by atoms with Crippen molar-refractivity contribution in [1.29, 1.82) is 0 Å². The summed E-state index contributed by atoms with van der Waals surface area (Å²) in [7, 11) is 0. The SMILES string of the molecule is C[C@@H](CNC(=O)[C@H](C)N1CCn2c(Br)cnc2C1)c1ccccc1. The Kier molecular flexibility index (Phi) is 5.36. The Morgan fingerprint density at radius 2 is 2.04 bits per heavy atom. The zero-order valence-corrected chi connectivity index (χ0v) is 15.7. The number of benzene rings is 1. The molecule has 0 aliphatic carbocycles. The van der Waals surface area contributed by atoms with Gasteiger partial charge in [-0.05, 0) is 34.3 Å². The van der Waals surface area contributed by atoms with Gasteiger partial charge in [0.15, 0.2) is 0 Å². The van der Waals surface area contributed by atoms with Crippen LogP contribution in [-0.2, 0) is 17.9 Å². The number of nitrogens with zero attached hydrogens (tertiary/aromatic N) is 3. The number of nitrogens with one attached hydrogen (secondary N) is 1. The third kappa shape index (κ3) is 3.70. The molecule has 3 rings (SSSR count). The summed E-state index contributed by atoms with van der Waals surface area (Å²) in [5.74, 6) is 1.39. The quantitative estimate of drug-likeness (QED) is 0.853. The summed E-state index contributed by atoms with van der Waals surface area (Å²) in [4.78, 5) is 19.1. The van der Waals surface area contributed by atoms with Gasteiger partial charge in [-0.2, -0.15) is 0 Å². The second-order valence-electron chi connectivity index (χ2n) is 6.35. The van der Waals surface area contributed by atoms with Crippen LogP contribution in [-0.4, -0.2) is 39.5 Å². The predicted molar refractivity (Wildman–Crippen MR) is 97.7 cm³/mol. The fourth-order valence-corrected chi connectivity index (χ4v) is 3.52. The molecule has 1 aromatic carbocycles. The topological polar surface area (TPSA) is 50.2 Å². The average molecular weight is 391 g/mol. The van der Waals surface area contributed by atoms with Crippen LogP contribution in [0.2, 0.25) is 0 Å². The highest BCUT2D eigenvalue weighted by molar-refractivity contribution is 9.10. The molecule has 128 valence electrons. The second kappa shape index (κ2) is 7.49. The van der Waals surface area contributed by atoms with E-state index in [9.17, 15) is 4.79 Å². The molecule has 0 spiro atoms. The molecule has 0 saturated carbocycles. The fourth-order valence-electron chi connectivity index (χ4n) is 3.04. The number of hydrogen-bond donors (Lipinski definition) is 1. The standard InChI is InChI=1S/C18H23BrN4O/c1-13(15-6-4-3-5-7-15)10-21-18(24)14(2)22-8-9-23-16(19)11-20-17(23)12-22/h3-7,11,13-14H,8-10,12H2,1-2H3,(H,21,24)/t13-,14-/m0/s1. The summed E-state index contributed by atoms with van der Waals surface area (Å²) in [6, 6.07) is 10.1. The number of hydrogen-bond acceptors (Lipinski definition) is 3. The first-order chi connectivity index (χ1) is 11.6. The average Bonchev–Trinajstić information content (AvgIpc) is 3.00. The lowest BCUT2D eigenvalue weighted by molar-refractivity contribution is -0.126. The molecule has 1 amide bonds. The molecule has 24 heavy (non-hydrogen) atoms. The molecule has 0 radical (unpaired) electrons. The van der Waals surface area contributed by atoms with Gasteiger partial charge < -0.3 is 9.88 Å². The molecule has 0 unspecified atom stereocenters. The maximum Gasteiger partial charge on any atom is 0.237 e. The molecule has 0 fully saturated rings. The van der Waals surface area contributed by atoms with Crippen molar-refractivity contribution in [2.45, 2.75) is 38.9 Å². The lowest BCUT2D eigenvalue weighted by Crippen LogP contribution is -2.48. The molecule has 1 aliphatic rings. The minimum absolute atomic E-state index is 0.0804. The lowest BCUT2D eigenvalue weighted by atomic mass is 10.0. The highest BCUT2D eigenvalue weighted by atomic mass is 79.9. The van der Waals surface area contributed by atoms with Crippen molar-refractivity contribution in [3.63, 3.8) is 0 Å². The molecule has 2 atom stereocenters. The van der Waals surface area contributed by atoms with E-state index in [-0.39, 0.29) is 11.9 Å². The normalized spacial score (nSPS) is 17.1. The van der Waals surface area contributed by atoms with Crippen LogP contribution < -0.4 is 5.32 Å². The van der Waals surface area contributed by atoms with Crippen molar-refractivity contribution in [2.24, 2.45) is 0 Å². The van der Waals surface area contributed by atoms with Gasteiger partial charge in [-0.25, -0.2) is 4.98 Å². The van der Waals surface area contributed by atoms with E-state index < -0.39 is 0 Å². The van der Waals surface area contributed by atoms with Gasteiger partial charge in [0.1, 0.15) is 10.4 Å². The van der Waals surface area contributed by atoms with Crippen molar-refractivity contribution in [3.8, 4) is 0 Å². The van der Waals surface area contributed by atoms with Crippen LogP contribution in [0.3, 0.4) is 0 Å². The maximum atomic E-state index is 12.5. The molecule has 0 bridgehead atoms. The number of rotatable bonds is 5. The highest BCUT2D eigenvalue weighted by Gasteiger charge is 2.26. The van der Waals surface area contributed by atoms with E-state index in [1.165, 1.54) is 5.56 Å². The number of amides is 1. The Labute approximate surface area is 151 Å². The first-order valence-corrected chi connectivity index (χ1v) is 9.12. The molecule has 1 aliphatic heterocycles. The van der Waals surface area contributed by atoms with Gasteiger partial charge in [-0.15, -0.1) is 0 Å². The van der Waals surface area contributed by atoms with Crippen molar-refractivity contribution >= 4 is 21.8 Å². The molecular formula is C18H23BrN4O. The van der Waals surface area contributed by atoms with E-state index in [0.717, 1.165) is 23.5 Å². The number of halogens is 1. The Hall–Kier alpha value is -1.66. The molecule has 1 aromatic heterocycles. The molecule has 2 heterocycles. The fraction of sp³-hybridized carbons (Fsp3) is 0.444. The third-order valence-electron chi connectivity index (χ3n) is 4.72. The zero-order valence-electron chi connectivity index (χ0n) is 14.1. The molecule has 2 aromatic rings. The minimum atomic E-state index is -0.155. The Morgan fingerprint density at radius 3 is 2.79 bits per heavy atom. The van der Waals surface area contributed by atoms with Crippen LogP contribution in [0, 0.1) is 0 Å². The Balaban J connectivity index is 1.54. The summed E-state index contributed by atoms with van der Waals surface area (Å²) in [6.45, 7) is 7.17. The maximum absolute atomic E-state index is 12.5. The van der Waals surface area contributed by atoms with Crippen molar-refractivity contribution in [2.75, 3.05) is 13.1 Å². The summed E-state index contributed by atoms with van der Waals surface area (Å²) in [6.07, 6.45) is 1.82. The van der Waals surface area contributed by atoms with Crippen molar-refractivity contribution < 1.29 is 4.79 Å². The number of fused-ring (bicyclic) bond motifs is 1. The minimum Gasteiger partial charge on any atom is -0.354 e. The summed E-state index contributed by atoms with van der Waals surface area (Å²) >= 11 is 3.50. The first-order valence-electron chi connectivity index (χ1n) is 8.33. The monoisotopic (exact) mass is 390 g/mol. The van der Waals surface area contributed by atoms with Crippen molar-refractivity contribution in [3.05, 3.63) is 52.5 Å². The van der Waals surface area contributed by atoms with E-state index in [1.54, 1.807) is 0 Å². The largest absolute Gasteiger partial charge is 0.354 e. The number of carbonyl (C=O) groups is 1. The highest BCUT2D eigenvalue weighted by Crippen LogP contribution is 2.20. The summed E-state index contributed by atoms with van der Waals surface area (Å²) < 4.78 is 3.16. The van der Waals surface area contributed by atoms with Gasteiger partial charge in [0.05, 0.1) is 18.8 Å². The molecule has 6 heteroatoms. The summed E-state index contributed by atoms with van der Waals surface area (Å²) in [5.41, 5.74) is 1.25. The molecule has 0 saturated heterocycles. The van der Waals surface area contributed by atoms with E-state index >= 15 is 0 Å². The van der Waals surface area contributed by atoms with Crippen LogP contribution in [0.25, 0.3) is 0 Å². The van der Waals surface area contributed by atoms with E-state index in [0.29, 0.717) is 19.0 Å². The Morgan fingerprint density at radius 1 is 1.29 bits per heavy atom. The van der Waals surface area contributed by atoms with Gasteiger partial charge in [-0.1, -0.05) is 37.3 Å². The van der Waals surface area contributed by atoms with Crippen LogP contribution in [0.5, 0.6) is 0 Å². The van der Waals surface area contributed by atoms with Gasteiger partial charge in [0.2, 0.25) is 5.91 Å². The number of carbonyl (C=O) groups excluding carboxylic acids is 1. The smallest absolute Gasteiger partial charge is 0.237 e. The van der Waals surface area contributed by atoms with Crippen molar-refractivity contribution in [1.82, 2.24) is 19.8 Å². The zero-order chi connectivity index (χ0) is 17.1. The molecule has 5 nitrogen and oxygen atoms in total. The Bertz CT molecular complexity index is 700. The molecular weight excluding hydrogens is 368 g/mol. The second-order valence-corrected chi connectivity index (χ2v) is 7.16. The van der Waals surface area contributed by atoms with Gasteiger partial charge in [0.25, 0.3) is 0 Å². The van der Waals surface area contributed by atoms with Gasteiger partial charge in [0, 0.05) is 19.6 Å². The van der Waals surface area contributed by atoms with Gasteiger partial charge in [-0.3, -0.25) is 9.69 Å². The number of imidazole rings is 1.